The molecule has 0 aromatic rings. The van der Waals surface area contributed by atoms with Gasteiger partial charge < -0.3 is 5.73 Å². The fourth-order valence-corrected chi connectivity index (χ4v) is 0. The highest BCUT2D eigenvalue weighted by molar-refractivity contribution is 8.15. The van der Waals surface area contributed by atoms with E-state index >= 15 is 0 Å². The van der Waals surface area contributed by atoms with E-state index in [1.165, 1.54) is 12.5 Å². The monoisotopic (exact) mass is 123 g/mol. The minimum Gasteiger partial charge on any atom is -0.360 e. The first-order valence-electron chi connectivity index (χ1n) is 1.79. The number of nitrogens with two attached hydrogens (primary N) is 1. The van der Waals surface area contributed by atoms with Crippen molar-refractivity contribution < 1.29 is 9.00 Å². The number of carbonyl (C=O) groups is 1. The summed E-state index contributed by atoms with van der Waals surface area (Å²) < 4.78 is 10.4. The van der Waals surface area contributed by atoms with Gasteiger partial charge in [-0.2, -0.15) is 0 Å². The molecular formula is C3H9NO2S. The number of thiol groups is 1. The highest BCUT2D eigenvalue weighted by Crippen LogP contribution is 1.88. The van der Waals surface area contributed by atoms with Gasteiger partial charge in [0.25, 0.3) is 5.24 Å². The van der Waals surface area contributed by atoms with Crippen molar-refractivity contribution in [3.63, 3.8) is 0 Å². The molecule has 0 heterocycles. The van der Waals surface area contributed by atoms with Crippen molar-refractivity contribution in [3.05, 3.63) is 0 Å². The molecule has 1 amide bonds. The summed E-state index contributed by atoms with van der Waals surface area (Å²) in [5.74, 6) is 0. The molecule has 2 N–H and O–H groups in total. The van der Waals surface area contributed by atoms with E-state index < -0.39 is 15.2 Å². The molecule has 0 saturated heterocycles. The molecule has 0 rings (SSSR count). The zero-order valence-corrected chi connectivity index (χ0v) is 5.24. The molecule has 0 aromatic carbocycles. The molecule has 0 atom stereocenters. The molecule has 0 fully saturated rings. The van der Waals surface area contributed by atoms with E-state index in [0.717, 1.165) is 0 Å². The highest BCUT2D eigenvalue weighted by atomic mass is 32.2. The molecule has 0 radical (unpaired) electrons. The fraction of sp³-hybridized carbons (Fsp3) is 0.667. The number of hydrogen-bond acceptors (Lipinski definition) is 2. The van der Waals surface area contributed by atoms with Crippen molar-refractivity contribution in [1.29, 1.82) is 0 Å². The molecule has 0 aromatic heterocycles. The Kier molecular flexibility index (Phi) is 1.53. The van der Waals surface area contributed by atoms with Gasteiger partial charge in [0.05, 0.1) is 0 Å². The summed E-state index contributed by atoms with van der Waals surface area (Å²) in [7, 11) is -2.60. The molecule has 44 valence electrons. The first kappa shape index (κ1) is 6.62. The van der Waals surface area contributed by atoms with E-state index in [1.54, 1.807) is 0 Å². The summed E-state index contributed by atoms with van der Waals surface area (Å²) in [4.78, 5) is 9.98. The summed E-state index contributed by atoms with van der Waals surface area (Å²) in [6.45, 7) is 0. The Balaban J connectivity index is 4.09. The molecule has 7 heavy (non-hydrogen) atoms. The van der Waals surface area contributed by atoms with E-state index in [2.05, 4.69) is 5.73 Å². The Labute approximate surface area is 43.3 Å². The Morgan fingerprint density at radius 3 is 1.71 bits per heavy atom. The minimum atomic E-state index is -2.60. The third-order valence-electron chi connectivity index (χ3n) is 0.531. The Hall–Kier alpha value is -0.380. The smallest absolute Gasteiger partial charge is 0.282 e. The quantitative estimate of drug-likeness (QED) is 0.420. The number of primary amides is 1. The van der Waals surface area contributed by atoms with Gasteiger partial charge in [0.1, 0.15) is 0 Å². The molecule has 0 spiro atoms. The van der Waals surface area contributed by atoms with Crippen LogP contribution in [0.25, 0.3) is 0 Å². The Bertz CT molecular complexity index is 125. The van der Waals surface area contributed by atoms with Crippen molar-refractivity contribution in [3.8, 4) is 0 Å². The summed E-state index contributed by atoms with van der Waals surface area (Å²) in [5.41, 5.74) is 4.67. The van der Waals surface area contributed by atoms with Crippen molar-refractivity contribution in [2.24, 2.45) is 5.73 Å². The second kappa shape index (κ2) is 1.61. The fourth-order valence-electron chi connectivity index (χ4n) is 0. The molecule has 0 bridgehead atoms. The van der Waals surface area contributed by atoms with E-state index in [0.29, 0.717) is 0 Å². The van der Waals surface area contributed by atoms with Crippen molar-refractivity contribution in [2.45, 2.75) is 0 Å². The Morgan fingerprint density at radius 2 is 1.71 bits per heavy atom. The normalized spacial score (nSPS) is 13.4. The van der Waals surface area contributed by atoms with Gasteiger partial charge in [-0.05, 0) is 22.4 Å². The largest absolute Gasteiger partial charge is 0.360 e. The summed E-state index contributed by atoms with van der Waals surface area (Å²) in [6.07, 6.45) is 2.69. The molecule has 0 aliphatic heterocycles. The van der Waals surface area contributed by atoms with Crippen LogP contribution in [0.4, 0.5) is 4.79 Å². The van der Waals surface area contributed by atoms with Gasteiger partial charge in [0.2, 0.25) is 0 Å². The topological polar surface area (TPSA) is 60.2 Å². The lowest BCUT2D eigenvalue weighted by Crippen LogP contribution is -2.25. The van der Waals surface area contributed by atoms with Gasteiger partial charge in [0, 0.05) is 0 Å². The van der Waals surface area contributed by atoms with Crippen molar-refractivity contribution >= 4 is 15.2 Å². The number of rotatable bonds is 0. The lowest BCUT2D eigenvalue weighted by molar-refractivity contribution is 0.266. The maximum Gasteiger partial charge on any atom is 0.282 e. The van der Waals surface area contributed by atoms with Crippen LogP contribution in [0, 0.1) is 0 Å². The van der Waals surface area contributed by atoms with Crippen LogP contribution in [-0.2, 0) is 9.93 Å². The predicted octanol–water partition coefficient (Wildman–Crippen LogP) is -0.659. The molecule has 0 aliphatic rings. The summed E-state index contributed by atoms with van der Waals surface area (Å²) in [5, 5.41) is -0.701. The van der Waals surface area contributed by atoms with Gasteiger partial charge in [-0.3, -0.25) is 9.00 Å². The maximum absolute atomic E-state index is 10.4. The average Bonchev–Trinajstić information content (AvgIpc) is 1.31. The standard InChI is InChI=1S/C3H9NO2S/c1-7(2,6)3(4)5/h7H,1-2H3,(H2,4,5). The van der Waals surface area contributed by atoms with E-state index in [-0.39, 0.29) is 0 Å². The van der Waals surface area contributed by atoms with Crippen LogP contribution in [0.2, 0.25) is 0 Å². The first-order valence-corrected chi connectivity index (χ1v) is 4.39. The van der Waals surface area contributed by atoms with Gasteiger partial charge in [-0.25, -0.2) is 0 Å². The molecule has 0 aliphatic carbocycles. The zero-order valence-electron chi connectivity index (χ0n) is 4.34. The van der Waals surface area contributed by atoms with Crippen LogP contribution >= 0.6 is 0 Å². The van der Waals surface area contributed by atoms with Crippen molar-refractivity contribution in [2.75, 3.05) is 12.5 Å². The molecule has 0 saturated carbocycles. The lowest BCUT2D eigenvalue weighted by atomic mass is 11.5. The summed E-state index contributed by atoms with van der Waals surface area (Å²) in [6, 6.07) is 0. The molecule has 4 heteroatoms. The number of amides is 1. The highest BCUT2D eigenvalue weighted by Gasteiger charge is 2.05. The SMILES string of the molecule is C[SH](C)(=O)C(N)=O. The molecular weight excluding hydrogens is 114 g/mol. The van der Waals surface area contributed by atoms with Crippen molar-refractivity contribution in [1.82, 2.24) is 0 Å². The van der Waals surface area contributed by atoms with Crippen LogP contribution in [0.3, 0.4) is 0 Å². The first-order chi connectivity index (χ1) is 2.94. The third kappa shape index (κ3) is 2.33. The van der Waals surface area contributed by atoms with Gasteiger partial charge in [-0.15, -0.1) is 0 Å². The second-order valence-corrected chi connectivity index (χ2v) is 4.83. The van der Waals surface area contributed by atoms with Crippen LogP contribution in [0.5, 0.6) is 0 Å². The van der Waals surface area contributed by atoms with Crippen LogP contribution in [-0.4, -0.2) is 22.0 Å². The van der Waals surface area contributed by atoms with E-state index in [1.807, 2.05) is 0 Å². The second-order valence-electron chi connectivity index (χ2n) is 1.69. The number of hydrogen-bond donors (Lipinski definition) is 2. The van der Waals surface area contributed by atoms with Crippen LogP contribution < -0.4 is 5.73 Å². The van der Waals surface area contributed by atoms with E-state index in [4.69, 9.17) is 0 Å². The number of carbonyl (C=O) groups excluding carboxylic acids is 1. The zero-order chi connectivity index (χ0) is 6.08. The van der Waals surface area contributed by atoms with Crippen LogP contribution in [0.1, 0.15) is 0 Å². The lowest BCUT2D eigenvalue weighted by Gasteiger charge is -2.02. The Morgan fingerprint density at radius 1 is 1.57 bits per heavy atom. The minimum absolute atomic E-state index is 0.701. The summed E-state index contributed by atoms with van der Waals surface area (Å²) >= 11 is 0. The van der Waals surface area contributed by atoms with E-state index in [9.17, 15) is 9.00 Å². The average molecular weight is 123 g/mol. The molecule has 3 nitrogen and oxygen atoms in total. The maximum atomic E-state index is 10.4. The molecule has 0 unspecified atom stereocenters. The van der Waals surface area contributed by atoms with Gasteiger partial charge in [-0.1, -0.05) is 0 Å². The van der Waals surface area contributed by atoms with Gasteiger partial charge in [0.15, 0.2) is 0 Å². The predicted molar refractivity (Wildman–Crippen MR) is 31.0 cm³/mol. The van der Waals surface area contributed by atoms with Gasteiger partial charge >= 0.3 is 0 Å². The van der Waals surface area contributed by atoms with Crippen LogP contribution in [0.15, 0.2) is 0 Å². The third-order valence-corrected chi connectivity index (χ3v) is 1.59.